The number of ether oxygens (including phenoxy) is 1. The van der Waals surface area contributed by atoms with Crippen LogP contribution in [-0.2, 0) is 16.1 Å². The fourth-order valence-electron chi connectivity index (χ4n) is 2.95. The number of carbonyl (C=O) groups excluding carboxylic acids is 2. The first kappa shape index (κ1) is 20.7. The van der Waals surface area contributed by atoms with Crippen LogP contribution in [0, 0.1) is 13.8 Å². The van der Waals surface area contributed by atoms with Crippen LogP contribution in [0.25, 0.3) is 10.2 Å². The van der Waals surface area contributed by atoms with Gasteiger partial charge in [0.05, 0.1) is 12.0 Å². The minimum absolute atomic E-state index is 0.142. The number of nitrogens with one attached hydrogen (secondary N) is 2. The van der Waals surface area contributed by atoms with E-state index in [0.29, 0.717) is 34.5 Å². The van der Waals surface area contributed by atoms with Gasteiger partial charge in [0.1, 0.15) is 27.4 Å². The molecule has 0 aliphatic carbocycles. The molecule has 1 atom stereocenters. The molecule has 2 N–H and O–H groups in total. The van der Waals surface area contributed by atoms with Gasteiger partial charge < -0.3 is 15.4 Å². The van der Waals surface area contributed by atoms with Crippen molar-refractivity contribution >= 4 is 39.2 Å². The Labute approximate surface area is 173 Å². The topological polar surface area (TPSA) is 93.2 Å². The first-order chi connectivity index (χ1) is 13.9. The van der Waals surface area contributed by atoms with Crippen molar-refractivity contribution in [1.29, 1.82) is 0 Å². The van der Waals surface area contributed by atoms with Crippen molar-refractivity contribution in [2.45, 2.75) is 40.3 Å². The summed E-state index contributed by atoms with van der Waals surface area (Å²) in [4.78, 5) is 34.9. The Morgan fingerprint density at radius 1 is 1.17 bits per heavy atom. The summed E-state index contributed by atoms with van der Waals surface area (Å²) in [5.74, 6) is 0.592. The maximum absolute atomic E-state index is 12.5. The first-order valence-electron chi connectivity index (χ1n) is 9.43. The lowest BCUT2D eigenvalue weighted by Crippen LogP contribution is -2.37. The van der Waals surface area contributed by atoms with Gasteiger partial charge in [-0.25, -0.2) is 14.8 Å². The summed E-state index contributed by atoms with van der Waals surface area (Å²) in [7, 11) is 0. The zero-order valence-electron chi connectivity index (χ0n) is 16.9. The van der Waals surface area contributed by atoms with Gasteiger partial charge in [-0.1, -0.05) is 30.3 Å². The number of aryl methyl sites for hydroxylation is 2. The van der Waals surface area contributed by atoms with E-state index in [9.17, 15) is 9.59 Å². The van der Waals surface area contributed by atoms with E-state index in [1.165, 1.54) is 11.3 Å². The van der Waals surface area contributed by atoms with Crippen molar-refractivity contribution in [2.75, 3.05) is 11.9 Å². The molecule has 3 aromatic rings. The number of amides is 1. The molecule has 0 fully saturated rings. The van der Waals surface area contributed by atoms with Crippen molar-refractivity contribution in [1.82, 2.24) is 15.3 Å². The Morgan fingerprint density at radius 3 is 2.59 bits per heavy atom. The molecule has 2 heterocycles. The van der Waals surface area contributed by atoms with Gasteiger partial charge in [0.15, 0.2) is 0 Å². The third-order valence-electron chi connectivity index (χ3n) is 4.42. The molecule has 0 aliphatic rings. The second-order valence-electron chi connectivity index (χ2n) is 6.65. The second-order valence-corrected chi connectivity index (χ2v) is 7.64. The molecule has 29 heavy (non-hydrogen) atoms. The van der Waals surface area contributed by atoms with Crippen LogP contribution in [0.1, 0.15) is 40.5 Å². The number of aromatic nitrogens is 2. The molecule has 2 aromatic heterocycles. The van der Waals surface area contributed by atoms with Gasteiger partial charge in [-0.05, 0) is 38.8 Å². The molecular weight excluding hydrogens is 388 g/mol. The van der Waals surface area contributed by atoms with Crippen LogP contribution >= 0.6 is 11.3 Å². The Bertz CT molecular complexity index is 1030. The van der Waals surface area contributed by atoms with Gasteiger partial charge in [-0.3, -0.25) is 4.79 Å². The lowest BCUT2D eigenvalue weighted by Gasteiger charge is -2.16. The molecule has 0 aliphatic heterocycles. The number of benzene rings is 1. The fraction of sp³-hybridized carbons (Fsp3) is 0.333. The van der Waals surface area contributed by atoms with Crippen LogP contribution in [0.4, 0.5) is 5.82 Å². The van der Waals surface area contributed by atoms with Gasteiger partial charge in [0.2, 0.25) is 5.91 Å². The highest BCUT2D eigenvalue weighted by Crippen LogP contribution is 2.34. The zero-order valence-corrected chi connectivity index (χ0v) is 17.7. The van der Waals surface area contributed by atoms with Crippen molar-refractivity contribution in [3.05, 3.63) is 52.2 Å². The highest BCUT2D eigenvalue weighted by Gasteiger charge is 2.22. The SMILES string of the molecule is CCOC(=O)c1sc2nc(C)nc(NC(C)C(=O)NCc3ccccc3)c2c1C. The lowest BCUT2D eigenvalue weighted by atomic mass is 10.2. The minimum Gasteiger partial charge on any atom is -0.462 e. The normalized spacial score (nSPS) is 11.9. The number of fused-ring (bicyclic) bond motifs is 1. The molecular formula is C21H24N4O3S. The van der Waals surface area contributed by atoms with Crippen LogP contribution in [0.3, 0.4) is 0 Å². The summed E-state index contributed by atoms with van der Waals surface area (Å²) in [6, 6.07) is 9.21. The van der Waals surface area contributed by atoms with Crippen LogP contribution in [0.15, 0.2) is 30.3 Å². The van der Waals surface area contributed by atoms with Gasteiger partial charge >= 0.3 is 5.97 Å². The number of thiophene rings is 1. The molecule has 0 saturated carbocycles. The van der Waals surface area contributed by atoms with E-state index in [4.69, 9.17) is 4.74 Å². The van der Waals surface area contributed by atoms with E-state index < -0.39 is 6.04 Å². The Balaban J connectivity index is 1.81. The number of hydrogen-bond donors (Lipinski definition) is 2. The average Bonchev–Trinajstić information content (AvgIpc) is 3.03. The van der Waals surface area contributed by atoms with Crippen molar-refractivity contribution in [3.8, 4) is 0 Å². The van der Waals surface area contributed by atoms with Gasteiger partial charge in [0.25, 0.3) is 0 Å². The number of anilines is 1. The molecule has 1 unspecified atom stereocenters. The Morgan fingerprint density at radius 2 is 1.90 bits per heavy atom. The minimum atomic E-state index is -0.512. The maximum atomic E-state index is 12.5. The van der Waals surface area contributed by atoms with Crippen LogP contribution < -0.4 is 10.6 Å². The van der Waals surface area contributed by atoms with Crippen molar-refractivity contribution < 1.29 is 14.3 Å². The fourth-order valence-corrected chi connectivity index (χ4v) is 4.07. The van der Waals surface area contributed by atoms with E-state index in [0.717, 1.165) is 16.5 Å². The van der Waals surface area contributed by atoms with Crippen molar-refractivity contribution in [2.24, 2.45) is 0 Å². The summed E-state index contributed by atoms with van der Waals surface area (Å²) in [6.07, 6.45) is 0. The summed E-state index contributed by atoms with van der Waals surface area (Å²) >= 11 is 1.28. The molecule has 1 aromatic carbocycles. The van der Waals surface area contributed by atoms with Crippen molar-refractivity contribution in [3.63, 3.8) is 0 Å². The number of nitrogens with zero attached hydrogens (tertiary/aromatic N) is 2. The lowest BCUT2D eigenvalue weighted by molar-refractivity contribution is -0.121. The zero-order chi connectivity index (χ0) is 21.0. The van der Waals surface area contributed by atoms with Crippen LogP contribution in [0.5, 0.6) is 0 Å². The number of rotatable bonds is 7. The predicted octanol–water partition coefficient (Wildman–Crippen LogP) is 3.60. The smallest absolute Gasteiger partial charge is 0.348 e. The molecule has 3 rings (SSSR count). The Hall–Kier alpha value is -3.00. The monoisotopic (exact) mass is 412 g/mol. The summed E-state index contributed by atoms with van der Waals surface area (Å²) in [5, 5.41) is 6.84. The second kappa shape index (κ2) is 9.00. The molecule has 8 heteroatoms. The standard InChI is InChI=1S/C21H24N4O3S/c1-5-28-21(27)17-12(2)16-18(24-14(4)25-20(16)29-17)23-13(3)19(26)22-11-15-9-7-6-8-10-15/h6-10,13H,5,11H2,1-4H3,(H,22,26)(H,23,24,25). The summed E-state index contributed by atoms with van der Waals surface area (Å²) in [6.45, 7) is 7.93. The van der Waals surface area contributed by atoms with E-state index in [1.807, 2.05) is 37.3 Å². The molecule has 0 saturated heterocycles. The molecule has 1 amide bonds. The van der Waals surface area contributed by atoms with Gasteiger partial charge in [0, 0.05) is 6.54 Å². The Kier molecular flexibility index (Phi) is 6.43. The van der Waals surface area contributed by atoms with Gasteiger partial charge in [-0.15, -0.1) is 11.3 Å². The summed E-state index contributed by atoms with van der Waals surface area (Å²) < 4.78 is 5.14. The molecule has 0 spiro atoms. The number of carbonyl (C=O) groups is 2. The highest BCUT2D eigenvalue weighted by atomic mass is 32.1. The average molecular weight is 413 g/mol. The molecule has 0 bridgehead atoms. The van der Waals surface area contributed by atoms with E-state index in [1.54, 1.807) is 20.8 Å². The third kappa shape index (κ3) is 4.71. The molecule has 7 nitrogen and oxygen atoms in total. The largest absolute Gasteiger partial charge is 0.462 e. The van der Waals surface area contributed by atoms with Crippen LogP contribution in [-0.4, -0.2) is 34.5 Å². The quantitative estimate of drug-likeness (QED) is 0.576. The van der Waals surface area contributed by atoms with E-state index in [2.05, 4.69) is 20.6 Å². The molecule has 0 radical (unpaired) electrons. The number of esters is 1. The maximum Gasteiger partial charge on any atom is 0.348 e. The highest BCUT2D eigenvalue weighted by molar-refractivity contribution is 7.20. The predicted molar refractivity (Wildman–Crippen MR) is 114 cm³/mol. The third-order valence-corrected chi connectivity index (χ3v) is 5.58. The first-order valence-corrected chi connectivity index (χ1v) is 10.2. The van der Waals surface area contributed by atoms with E-state index >= 15 is 0 Å². The van der Waals surface area contributed by atoms with Crippen LogP contribution in [0.2, 0.25) is 0 Å². The number of hydrogen-bond acceptors (Lipinski definition) is 7. The van der Waals surface area contributed by atoms with Gasteiger partial charge in [-0.2, -0.15) is 0 Å². The van der Waals surface area contributed by atoms with E-state index in [-0.39, 0.29) is 11.9 Å². The molecule has 152 valence electrons. The summed E-state index contributed by atoms with van der Waals surface area (Å²) in [5.41, 5.74) is 1.78.